The van der Waals surface area contributed by atoms with Crippen molar-refractivity contribution in [1.29, 1.82) is 0 Å². The molecule has 214 valence electrons. The third-order valence-corrected chi connectivity index (χ3v) is 7.39. The van der Waals surface area contributed by atoms with Gasteiger partial charge < -0.3 is 26.4 Å². The van der Waals surface area contributed by atoms with Crippen molar-refractivity contribution in [2.24, 2.45) is 5.73 Å². The largest absolute Gasteiger partial charge is 0.418 e. The Bertz CT molecular complexity index is 1140. The molecule has 1 saturated carbocycles. The summed E-state index contributed by atoms with van der Waals surface area (Å²) in [6.07, 6.45) is -0.593. The quantitative estimate of drug-likeness (QED) is 0.368. The highest BCUT2D eigenvalue weighted by atomic mass is 19.4. The first-order valence-electron chi connectivity index (χ1n) is 13.7. The van der Waals surface area contributed by atoms with Gasteiger partial charge in [0.2, 0.25) is 0 Å². The maximum absolute atomic E-state index is 14.2. The molecule has 0 bridgehead atoms. The van der Waals surface area contributed by atoms with E-state index in [4.69, 9.17) is 5.73 Å². The van der Waals surface area contributed by atoms with Crippen molar-refractivity contribution in [3.05, 3.63) is 35.2 Å². The lowest BCUT2D eigenvalue weighted by Gasteiger charge is -2.37. The molecule has 1 aliphatic carbocycles. The number of halogens is 3. The van der Waals surface area contributed by atoms with Crippen molar-refractivity contribution in [3.63, 3.8) is 0 Å². The molecule has 2 heterocycles. The topological polar surface area (TPSA) is 120 Å². The van der Waals surface area contributed by atoms with Gasteiger partial charge >= 0.3 is 6.18 Å². The Balaban J connectivity index is 1.62. The number of nitrogens with two attached hydrogens (primary N) is 1. The number of anilines is 4. The van der Waals surface area contributed by atoms with Crippen molar-refractivity contribution in [2.75, 3.05) is 48.3 Å². The first-order valence-corrected chi connectivity index (χ1v) is 13.7. The van der Waals surface area contributed by atoms with Crippen LogP contribution in [-0.2, 0) is 12.6 Å². The highest BCUT2D eigenvalue weighted by molar-refractivity contribution is 5.96. The van der Waals surface area contributed by atoms with Gasteiger partial charge in [-0.25, -0.2) is 9.97 Å². The van der Waals surface area contributed by atoms with Gasteiger partial charge in [0.15, 0.2) is 11.5 Å². The molecule has 0 unspecified atom stereocenters. The van der Waals surface area contributed by atoms with Gasteiger partial charge in [0.25, 0.3) is 5.91 Å². The minimum atomic E-state index is -4.57. The summed E-state index contributed by atoms with van der Waals surface area (Å²) < 4.78 is 42.5. The number of aliphatic hydroxyl groups excluding tert-OH is 1. The molecule has 5 N–H and O–H groups in total. The van der Waals surface area contributed by atoms with Crippen LogP contribution in [0, 0.1) is 0 Å². The number of aliphatic hydroxyl groups is 1. The van der Waals surface area contributed by atoms with Crippen LogP contribution in [0.2, 0.25) is 0 Å². The average Bonchev–Trinajstić information content (AvgIpc) is 2.90. The van der Waals surface area contributed by atoms with Gasteiger partial charge in [-0.05, 0) is 63.3 Å². The van der Waals surface area contributed by atoms with Crippen molar-refractivity contribution in [3.8, 4) is 0 Å². The first kappa shape index (κ1) is 28.9. The van der Waals surface area contributed by atoms with Crippen LogP contribution >= 0.6 is 0 Å². The molecule has 1 aromatic heterocycles. The Hall–Kier alpha value is -3.12. The van der Waals surface area contributed by atoms with Crippen molar-refractivity contribution in [2.45, 2.75) is 70.7 Å². The van der Waals surface area contributed by atoms with Crippen LogP contribution in [0.3, 0.4) is 0 Å². The molecule has 1 aliphatic heterocycles. The number of hydrogen-bond acceptors (Lipinski definition) is 8. The van der Waals surface area contributed by atoms with E-state index in [1.54, 1.807) is 11.0 Å². The molecule has 0 radical (unpaired) electrons. The van der Waals surface area contributed by atoms with Crippen LogP contribution in [0.15, 0.2) is 18.2 Å². The van der Waals surface area contributed by atoms with E-state index in [9.17, 15) is 23.1 Å². The number of carbonyl (C=O) groups is 1. The van der Waals surface area contributed by atoms with Crippen molar-refractivity contribution in [1.82, 2.24) is 14.9 Å². The maximum Gasteiger partial charge on any atom is 0.418 e. The zero-order valence-corrected chi connectivity index (χ0v) is 22.5. The number of hydrogen-bond donors (Lipinski definition) is 4. The van der Waals surface area contributed by atoms with Gasteiger partial charge in [0.1, 0.15) is 5.82 Å². The van der Waals surface area contributed by atoms with E-state index in [-0.39, 0.29) is 35.0 Å². The second-order valence-corrected chi connectivity index (χ2v) is 10.3. The van der Waals surface area contributed by atoms with Crippen molar-refractivity contribution >= 4 is 28.9 Å². The summed E-state index contributed by atoms with van der Waals surface area (Å²) in [5, 5.41) is 16.0. The summed E-state index contributed by atoms with van der Waals surface area (Å²) in [5.41, 5.74) is 5.48. The monoisotopic (exact) mass is 549 g/mol. The fourth-order valence-corrected chi connectivity index (χ4v) is 5.29. The number of primary amides is 1. The Labute approximate surface area is 227 Å². The van der Waals surface area contributed by atoms with Crippen LogP contribution in [-0.4, -0.2) is 70.8 Å². The number of amides is 1. The SMILES string of the molecule is CCCN1CCN(c2ccc(Nc3nc(NC4CCC(O)CC4)c(CC)nc3C(N)=O)cc2C(F)(F)F)CC1. The average molecular weight is 550 g/mol. The predicted molar refractivity (Wildman–Crippen MR) is 145 cm³/mol. The number of carbonyl (C=O) groups excluding carboxylic acids is 1. The van der Waals surface area contributed by atoms with Gasteiger partial charge in [-0.1, -0.05) is 13.8 Å². The molecule has 4 rings (SSSR count). The Kier molecular flexibility index (Phi) is 9.16. The summed E-state index contributed by atoms with van der Waals surface area (Å²) >= 11 is 0. The highest BCUT2D eigenvalue weighted by Gasteiger charge is 2.36. The molecule has 0 spiro atoms. The lowest BCUT2D eigenvalue weighted by Crippen LogP contribution is -2.47. The van der Waals surface area contributed by atoms with Crippen LogP contribution in [0.4, 0.5) is 36.2 Å². The fraction of sp³-hybridized carbons (Fsp3) is 0.593. The molecule has 1 saturated heterocycles. The number of aryl methyl sites for hydroxylation is 1. The number of rotatable bonds is 9. The fourth-order valence-electron chi connectivity index (χ4n) is 5.29. The minimum absolute atomic E-state index is 0.00732. The van der Waals surface area contributed by atoms with E-state index in [1.165, 1.54) is 6.07 Å². The molecule has 2 aliphatic rings. The Morgan fingerprint density at radius 1 is 1.08 bits per heavy atom. The molecule has 2 fully saturated rings. The lowest BCUT2D eigenvalue weighted by atomic mass is 9.93. The molecule has 9 nitrogen and oxygen atoms in total. The summed E-state index contributed by atoms with van der Waals surface area (Å²) in [7, 11) is 0. The smallest absolute Gasteiger partial charge is 0.393 e. The second-order valence-electron chi connectivity index (χ2n) is 10.3. The zero-order valence-electron chi connectivity index (χ0n) is 22.5. The molecule has 12 heteroatoms. The van der Waals surface area contributed by atoms with Crippen LogP contribution in [0.1, 0.15) is 67.7 Å². The van der Waals surface area contributed by atoms with E-state index < -0.39 is 17.6 Å². The number of aromatic nitrogens is 2. The molecule has 2 aromatic rings. The van der Waals surface area contributed by atoms with Crippen LogP contribution in [0.25, 0.3) is 0 Å². The molecule has 0 atom stereocenters. The summed E-state index contributed by atoms with van der Waals surface area (Å²) in [4.78, 5) is 25.2. The standard InChI is InChI=1S/C27H38F3N7O2/c1-3-11-36-12-14-37(15-13-36)22-10-7-18(16-20(22)27(28,29)30)33-26-23(24(31)39)34-21(4-2)25(35-26)32-17-5-8-19(38)9-6-17/h7,10,16-17,19,38H,3-6,8-9,11-15H2,1-2H3,(H2,31,39)(H2,32,33,35). The van der Waals surface area contributed by atoms with E-state index in [1.807, 2.05) is 6.92 Å². The van der Waals surface area contributed by atoms with Crippen LogP contribution in [0.5, 0.6) is 0 Å². The third-order valence-electron chi connectivity index (χ3n) is 7.39. The normalized spacial score (nSPS) is 20.6. The highest BCUT2D eigenvalue weighted by Crippen LogP contribution is 2.39. The number of nitrogens with zero attached hydrogens (tertiary/aromatic N) is 4. The second kappa shape index (κ2) is 12.4. The van der Waals surface area contributed by atoms with Gasteiger partial charge in [-0.2, -0.15) is 13.2 Å². The molecular weight excluding hydrogens is 511 g/mol. The molecule has 1 amide bonds. The maximum atomic E-state index is 14.2. The number of alkyl halides is 3. The number of benzene rings is 1. The van der Waals surface area contributed by atoms with E-state index >= 15 is 0 Å². The zero-order chi connectivity index (χ0) is 28.2. The summed E-state index contributed by atoms with van der Waals surface area (Å²) in [5.74, 6) is -0.388. The first-order chi connectivity index (χ1) is 18.6. The summed E-state index contributed by atoms with van der Waals surface area (Å²) in [6, 6.07) is 4.13. The van der Waals surface area contributed by atoms with Gasteiger partial charge in [0.05, 0.1) is 17.4 Å². The van der Waals surface area contributed by atoms with E-state index in [0.29, 0.717) is 57.0 Å². The lowest BCUT2D eigenvalue weighted by molar-refractivity contribution is -0.137. The third kappa shape index (κ3) is 7.10. The molecule has 39 heavy (non-hydrogen) atoms. The molecule has 1 aromatic carbocycles. The van der Waals surface area contributed by atoms with Gasteiger partial charge in [0, 0.05) is 43.6 Å². The minimum Gasteiger partial charge on any atom is -0.393 e. The number of nitrogens with one attached hydrogen (secondary N) is 2. The molecular formula is C27H38F3N7O2. The Morgan fingerprint density at radius 2 is 1.77 bits per heavy atom. The summed E-state index contributed by atoms with van der Waals surface area (Å²) in [6.45, 7) is 7.34. The number of piperazine rings is 1. The van der Waals surface area contributed by atoms with E-state index in [2.05, 4.69) is 32.4 Å². The Morgan fingerprint density at radius 3 is 2.36 bits per heavy atom. The van der Waals surface area contributed by atoms with Gasteiger partial charge in [-0.15, -0.1) is 0 Å². The van der Waals surface area contributed by atoms with E-state index in [0.717, 1.165) is 31.9 Å². The van der Waals surface area contributed by atoms with Crippen molar-refractivity contribution < 1.29 is 23.1 Å². The van der Waals surface area contributed by atoms with Crippen LogP contribution < -0.4 is 21.3 Å². The predicted octanol–water partition coefficient (Wildman–Crippen LogP) is 4.15. The van der Waals surface area contributed by atoms with Gasteiger partial charge in [-0.3, -0.25) is 9.69 Å².